The Hall–Kier alpha value is -3.36. The summed E-state index contributed by atoms with van der Waals surface area (Å²) in [6, 6.07) is 17.1. The molecule has 0 bridgehead atoms. The Morgan fingerprint density at radius 3 is 2.60 bits per heavy atom. The van der Waals surface area contributed by atoms with Crippen LogP contribution in [0.1, 0.15) is 16.1 Å². The fourth-order valence-corrected chi connectivity index (χ4v) is 4.09. The third-order valence-corrected chi connectivity index (χ3v) is 5.52. The van der Waals surface area contributed by atoms with Gasteiger partial charge < -0.3 is 13.9 Å². The maximum absolute atomic E-state index is 12.9. The van der Waals surface area contributed by atoms with Gasteiger partial charge in [-0.2, -0.15) is 0 Å². The Kier molecular flexibility index (Phi) is 5.69. The Morgan fingerprint density at radius 1 is 1.10 bits per heavy atom. The molecule has 1 aliphatic rings. The molecular weight excluding hydrogens is 422 g/mol. The molecule has 1 amide bonds. The minimum Gasteiger partial charge on any atom is -0.497 e. The number of thioether (sulfide) groups is 1. The zero-order valence-electron chi connectivity index (χ0n) is 15.7. The first-order valence-electron chi connectivity index (χ1n) is 8.83. The van der Waals surface area contributed by atoms with Gasteiger partial charge in [0.05, 0.1) is 24.0 Å². The molecule has 1 saturated heterocycles. The molecule has 2 aromatic carbocycles. The summed E-state index contributed by atoms with van der Waals surface area (Å²) in [6.45, 7) is 0. The van der Waals surface area contributed by atoms with Crippen LogP contribution in [0.3, 0.4) is 0 Å². The van der Waals surface area contributed by atoms with Gasteiger partial charge in [0.25, 0.3) is 5.91 Å². The molecular formula is C22H15NO5S2. The number of amides is 1. The summed E-state index contributed by atoms with van der Waals surface area (Å²) in [6.07, 6.45) is 3.12. The van der Waals surface area contributed by atoms with Crippen molar-refractivity contribution in [1.29, 1.82) is 0 Å². The summed E-state index contributed by atoms with van der Waals surface area (Å²) in [5, 5.41) is 0. The van der Waals surface area contributed by atoms with Crippen molar-refractivity contribution in [1.82, 2.24) is 0 Å². The zero-order chi connectivity index (χ0) is 21.1. The topological polar surface area (TPSA) is 69.0 Å². The smallest absolute Gasteiger partial charge is 0.379 e. The monoisotopic (exact) mass is 437 g/mol. The minimum atomic E-state index is -0.594. The molecule has 0 aliphatic carbocycles. The highest BCUT2D eigenvalue weighted by molar-refractivity contribution is 8.27. The molecule has 0 radical (unpaired) electrons. The number of ether oxygens (including phenoxy) is 2. The standard InChI is InChI=1S/C22H15NO5S2/c1-26-16-9-7-15(8-10-16)23-20(24)19(30-22(23)29)13-14-4-2-5-17(12-14)28-21(25)18-6-3-11-27-18/h2-13H,1H3/b19-13+. The molecule has 30 heavy (non-hydrogen) atoms. The van der Waals surface area contributed by atoms with E-state index in [1.165, 1.54) is 29.0 Å². The lowest BCUT2D eigenvalue weighted by Crippen LogP contribution is -2.27. The Morgan fingerprint density at radius 2 is 1.90 bits per heavy atom. The van der Waals surface area contributed by atoms with Crippen LogP contribution < -0.4 is 14.4 Å². The number of hydrogen-bond acceptors (Lipinski definition) is 7. The van der Waals surface area contributed by atoms with E-state index in [0.717, 1.165) is 0 Å². The van der Waals surface area contributed by atoms with Gasteiger partial charge in [0.1, 0.15) is 11.5 Å². The van der Waals surface area contributed by atoms with Crippen LogP contribution in [0.4, 0.5) is 5.69 Å². The summed E-state index contributed by atoms with van der Waals surface area (Å²) in [7, 11) is 1.58. The van der Waals surface area contributed by atoms with E-state index < -0.39 is 5.97 Å². The number of nitrogens with zero attached hydrogens (tertiary/aromatic N) is 1. The van der Waals surface area contributed by atoms with Crippen LogP contribution in [0.5, 0.6) is 11.5 Å². The molecule has 1 fully saturated rings. The lowest BCUT2D eigenvalue weighted by atomic mass is 10.2. The number of thiocarbonyl (C=S) groups is 1. The van der Waals surface area contributed by atoms with E-state index >= 15 is 0 Å². The first-order valence-corrected chi connectivity index (χ1v) is 10.1. The number of anilines is 1. The number of benzene rings is 2. The fraction of sp³-hybridized carbons (Fsp3) is 0.0455. The zero-order valence-corrected chi connectivity index (χ0v) is 17.4. The molecule has 8 heteroatoms. The second-order valence-electron chi connectivity index (χ2n) is 6.15. The van der Waals surface area contributed by atoms with Gasteiger partial charge in [0.2, 0.25) is 5.76 Å². The molecule has 3 aromatic rings. The van der Waals surface area contributed by atoms with Crippen LogP contribution >= 0.6 is 24.0 Å². The van der Waals surface area contributed by atoms with Gasteiger partial charge in [-0.05, 0) is 60.2 Å². The number of hydrogen-bond donors (Lipinski definition) is 0. The number of furan rings is 1. The second kappa shape index (κ2) is 8.56. The van der Waals surface area contributed by atoms with E-state index in [-0.39, 0.29) is 11.7 Å². The SMILES string of the molecule is COc1ccc(N2C(=O)/C(=C\c3cccc(OC(=O)c4ccco4)c3)SC2=S)cc1. The largest absolute Gasteiger partial charge is 0.497 e. The highest BCUT2D eigenvalue weighted by atomic mass is 32.2. The molecule has 150 valence electrons. The maximum Gasteiger partial charge on any atom is 0.379 e. The van der Waals surface area contributed by atoms with E-state index in [9.17, 15) is 9.59 Å². The summed E-state index contributed by atoms with van der Waals surface area (Å²) in [4.78, 5) is 26.9. The van der Waals surface area contributed by atoms with Crippen LogP contribution in [-0.2, 0) is 4.79 Å². The lowest BCUT2D eigenvalue weighted by Gasteiger charge is -2.14. The highest BCUT2D eigenvalue weighted by Gasteiger charge is 2.33. The van der Waals surface area contributed by atoms with Crippen molar-refractivity contribution < 1.29 is 23.5 Å². The van der Waals surface area contributed by atoms with Gasteiger partial charge >= 0.3 is 5.97 Å². The van der Waals surface area contributed by atoms with Crippen molar-refractivity contribution in [3.63, 3.8) is 0 Å². The summed E-state index contributed by atoms with van der Waals surface area (Å²) < 4.78 is 16.0. The third kappa shape index (κ3) is 4.14. The van der Waals surface area contributed by atoms with Crippen molar-refractivity contribution in [2.24, 2.45) is 0 Å². The van der Waals surface area contributed by atoms with Gasteiger partial charge in [-0.1, -0.05) is 36.1 Å². The Balaban J connectivity index is 1.54. The molecule has 1 aliphatic heterocycles. The molecule has 2 heterocycles. The van der Waals surface area contributed by atoms with E-state index in [0.29, 0.717) is 32.0 Å². The molecule has 0 saturated carbocycles. The van der Waals surface area contributed by atoms with Crippen molar-refractivity contribution in [2.75, 3.05) is 12.0 Å². The number of esters is 1. The van der Waals surface area contributed by atoms with Crippen molar-refractivity contribution in [2.45, 2.75) is 0 Å². The number of rotatable bonds is 5. The van der Waals surface area contributed by atoms with Crippen LogP contribution in [-0.4, -0.2) is 23.3 Å². The molecule has 1 aromatic heterocycles. The predicted octanol–water partition coefficient (Wildman–Crippen LogP) is 4.91. The van der Waals surface area contributed by atoms with Crippen molar-refractivity contribution >= 4 is 51.9 Å². The van der Waals surface area contributed by atoms with Gasteiger partial charge in [0, 0.05) is 0 Å². The molecule has 0 atom stereocenters. The minimum absolute atomic E-state index is 0.112. The highest BCUT2D eigenvalue weighted by Crippen LogP contribution is 2.36. The van der Waals surface area contributed by atoms with Gasteiger partial charge in [-0.25, -0.2) is 4.79 Å². The average Bonchev–Trinajstić information content (AvgIpc) is 3.37. The summed E-state index contributed by atoms with van der Waals surface area (Å²) >= 11 is 6.61. The van der Waals surface area contributed by atoms with Crippen molar-refractivity contribution in [3.8, 4) is 11.5 Å². The Labute approximate surface area is 182 Å². The van der Waals surface area contributed by atoms with Crippen LogP contribution in [0.15, 0.2) is 76.2 Å². The number of carbonyl (C=O) groups excluding carboxylic acids is 2. The van der Waals surface area contributed by atoms with Crippen LogP contribution in [0, 0.1) is 0 Å². The summed E-state index contributed by atoms with van der Waals surface area (Å²) in [5.41, 5.74) is 1.37. The lowest BCUT2D eigenvalue weighted by molar-refractivity contribution is -0.113. The summed E-state index contributed by atoms with van der Waals surface area (Å²) in [5.74, 6) is 0.341. The maximum atomic E-state index is 12.9. The number of methoxy groups -OCH3 is 1. The first-order chi connectivity index (χ1) is 14.5. The molecule has 0 N–H and O–H groups in total. The van der Waals surface area contributed by atoms with Crippen molar-refractivity contribution in [3.05, 3.63) is 83.2 Å². The van der Waals surface area contributed by atoms with E-state index in [1.54, 1.807) is 61.7 Å². The molecule has 4 rings (SSSR count). The van der Waals surface area contributed by atoms with E-state index in [4.69, 9.17) is 26.1 Å². The van der Waals surface area contributed by atoms with Gasteiger partial charge in [0.15, 0.2) is 4.32 Å². The fourth-order valence-electron chi connectivity index (χ4n) is 2.79. The van der Waals surface area contributed by atoms with Crippen LogP contribution in [0.2, 0.25) is 0 Å². The first kappa shape index (κ1) is 19.9. The normalized spacial score (nSPS) is 15.0. The van der Waals surface area contributed by atoms with E-state index in [2.05, 4.69) is 0 Å². The molecule has 6 nitrogen and oxygen atoms in total. The number of carbonyl (C=O) groups is 2. The predicted molar refractivity (Wildman–Crippen MR) is 119 cm³/mol. The van der Waals surface area contributed by atoms with Gasteiger partial charge in [-0.15, -0.1) is 0 Å². The quantitative estimate of drug-likeness (QED) is 0.243. The molecule has 0 spiro atoms. The van der Waals surface area contributed by atoms with E-state index in [1.807, 2.05) is 6.07 Å². The van der Waals surface area contributed by atoms with Crippen LogP contribution in [0.25, 0.3) is 6.08 Å². The second-order valence-corrected chi connectivity index (χ2v) is 7.83. The Bertz CT molecular complexity index is 1140. The van der Waals surface area contributed by atoms with Gasteiger partial charge in [-0.3, -0.25) is 9.69 Å². The molecule has 0 unspecified atom stereocenters. The third-order valence-electron chi connectivity index (χ3n) is 4.21. The average molecular weight is 437 g/mol.